The first kappa shape index (κ1) is 19.8. The third-order valence-corrected chi connectivity index (χ3v) is 5.36. The number of aromatic nitrogens is 1. The van der Waals surface area contributed by atoms with Crippen LogP contribution in [0.25, 0.3) is 10.6 Å². The Balaban J connectivity index is 1.41. The largest absolute Gasteiger partial charge is 0.489 e. The van der Waals surface area contributed by atoms with Crippen molar-refractivity contribution in [2.24, 2.45) is 0 Å². The molecule has 0 bridgehead atoms. The van der Waals surface area contributed by atoms with E-state index >= 15 is 0 Å². The van der Waals surface area contributed by atoms with E-state index < -0.39 is 0 Å². The van der Waals surface area contributed by atoms with Crippen LogP contribution in [0.2, 0.25) is 0 Å². The number of hydrogen-bond acceptors (Lipinski definition) is 4. The molecule has 1 heterocycles. The van der Waals surface area contributed by atoms with Crippen molar-refractivity contribution < 1.29 is 13.9 Å². The summed E-state index contributed by atoms with van der Waals surface area (Å²) in [4.78, 5) is 16.9. The van der Waals surface area contributed by atoms with Crippen LogP contribution < -0.4 is 10.1 Å². The summed E-state index contributed by atoms with van der Waals surface area (Å²) in [6.07, 6.45) is 0. The van der Waals surface area contributed by atoms with E-state index in [0.717, 1.165) is 16.1 Å². The number of halogens is 1. The van der Waals surface area contributed by atoms with Gasteiger partial charge in [0.15, 0.2) is 0 Å². The van der Waals surface area contributed by atoms with Crippen LogP contribution >= 0.6 is 11.3 Å². The molecule has 4 aromatic rings. The maximum absolute atomic E-state index is 13.8. The highest BCUT2D eigenvalue weighted by atomic mass is 32.1. The first-order chi connectivity index (χ1) is 14.7. The van der Waals surface area contributed by atoms with Gasteiger partial charge in [0, 0.05) is 23.1 Å². The van der Waals surface area contributed by atoms with Gasteiger partial charge in [0.25, 0.3) is 5.91 Å². The number of ether oxygens (including phenoxy) is 1. The molecule has 0 saturated heterocycles. The Morgan fingerprint density at radius 2 is 1.80 bits per heavy atom. The number of carbonyl (C=O) groups excluding carboxylic acids is 1. The fourth-order valence-corrected chi connectivity index (χ4v) is 3.67. The van der Waals surface area contributed by atoms with Gasteiger partial charge in [-0.3, -0.25) is 4.79 Å². The second kappa shape index (κ2) is 9.33. The molecule has 0 unspecified atom stereocenters. The van der Waals surface area contributed by atoms with Crippen LogP contribution in [0.15, 0.2) is 84.2 Å². The summed E-state index contributed by atoms with van der Waals surface area (Å²) in [6.45, 7) is 0.590. The Bertz CT molecular complexity index is 1140. The smallest absolute Gasteiger partial charge is 0.271 e. The zero-order chi connectivity index (χ0) is 20.8. The Morgan fingerprint density at radius 1 is 1.00 bits per heavy atom. The van der Waals surface area contributed by atoms with Crippen LogP contribution in [0.3, 0.4) is 0 Å². The van der Waals surface area contributed by atoms with Gasteiger partial charge in [0.2, 0.25) is 0 Å². The van der Waals surface area contributed by atoms with Crippen molar-refractivity contribution in [1.29, 1.82) is 0 Å². The average molecular weight is 418 g/mol. The fourth-order valence-electron chi connectivity index (χ4n) is 2.87. The second-order valence-electron chi connectivity index (χ2n) is 6.61. The molecule has 0 radical (unpaired) electrons. The molecule has 0 fully saturated rings. The summed E-state index contributed by atoms with van der Waals surface area (Å²) >= 11 is 1.39. The van der Waals surface area contributed by atoms with Crippen molar-refractivity contribution in [2.75, 3.05) is 0 Å². The third kappa shape index (κ3) is 4.90. The monoisotopic (exact) mass is 418 g/mol. The zero-order valence-corrected chi connectivity index (χ0v) is 16.9. The lowest BCUT2D eigenvalue weighted by atomic mass is 10.2. The lowest BCUT2D eigenvalue weighted by Gasteiger charge is -2.08. The van der Waals surface area contributed by atoms with Gasteiger partial charge in [-0.25, -0.2) is 9.37 Å². The number of rotatable bonds is 7. The Morgan fingerprint density at radius 3 is 2.63 bits per heavy atom. The quantitative estimate of drug-likeness (QED) is 0.434. The van der Waals surface area contributed by atoms with Crippen LogP contribution in [0, 0.1) is 5.82 Å². The van der Waals surface area contributed by atoms with E-state index in [0.29, 0.717) is 23.6 Å². The summed E-state index contributed by atoms with van der Waals surface area (Å²) < 4.78 is 19.5. The fraction of sp³-hybridized carbons (Fsp3) is 0.0833. The molecule has 0 aliphatic heterocycles. The SMILES string of the molecule is O=C(NCc1ccccc1)c1csc(-c2cccc(OCc3ccccc3F)c2)n1. The molecule has 6 heteroatoms. The van der Waals surface area contributed by atoms with Crippen molar-refractivity contribution >= 4 is 17.2 Å². The Labute approximate surface area is 178 Å². The number of benzene rings is 3. The molecule has 3 aromatic carbocycles. The number of amides is 1. The minimum absolute atomic E-state index is 0.140. The molecule has 30 heavy (non-hydrogen) atoms. The molecule has 150 valence electrons. The molecular formula is C24H19FN2O2S. The van der Waals surface area contributed by atoms with Crippen LogP contribution in [0.4, 0.5) is 4.39 Å². The van der Waals surface area contributed by atoms with Gasteiger partial charge in [0.1, 0.15) is 28.9 Å². The van der Waals surface area contributed by atoms with Crippen LogP contribution in [-0.4, -0.2) is 10.9 Å². The minimum Gasteiger partial charge on any atom is -0.489 e. The third-order valence-electron chi connectivity index (χ3n) is 4.47. The summed E-state index contributed by atoms with van der Waals surface area (Å²) in [5.41, 5.74) is 2.74. The Kier molecular flexibility index (Phi) is 6.15. The standard InChI is InChI=1S/C24H19FN2O2S/c25-21-12-5-4-9-19(21)15-29-20-11-6-10-18(13-20)24-27-22(16-30-24)23(28)26-14-17-7-2-1-3-8-17/h1-13,16H,14-15H2,(H,26,28). The normalized spacial score (nSPS) is 10.6. The topological polar surface area (TPSA) is 51.2 Å². The van der Waals surface area contributed by atoms with E-state index in [1.807, 2.05) is 54.6 Å². The molecule has 0 aliphatic carbocycles. The van der Waals surface area contributed by atoms with E-state index in [2.05, 4.69) is 10.3 Å². The van der Waals surface area contributed by atoms with Gasteiger partial charge in [0.05, 0.1) is 0 Å². The average Bonchev–Trinajstić information content (AvgIpc) is 3.28. The van der Waals surface area contributed by atoms with Gasteiger partial charge in [-0.2, -0.15) is 0 Å². The highest BCUT2D eigenvalue weighted by Crippen LogP contribution is 2.27. The van der Waals surface area contributed by atoms with Crippen molar-refractivity contribution in [1.82, 2.24) is 10.3 Å². The molecule has 1 N–H and O–H groups in total. The molecule has 0 spiro atoms. The number of nitrogens with zero attached hydrogens (tertiary/aromatic N) is 1. The maximum atomic E-state index is 13.8. The van der Waals surface area contributed by atoms with Crippen LogP contribution in [0.5, 0.6) is 5.75 Å². The van der Waals surface area contributed by atoms with E-state index in [9.17, 15) is 9.18 Å². The lowest BCUT2D eigenvalue weighted by Crippen LogP contribution is -2.23. The maximum Gasteiger partial charge on any atom is 0.271 e. The number of thiazole rings is 1. The van der Waals surface area contributed by atoms with Crippen LogP contribution in [0.1, 0.15) is 21.6 Å². The van der Waals surface area contributed by atoms with Gasteiger partial charge in [-0.15, -0.1) is 11.3 Å². The molecule has 4 rings (SSSR count). The highest BCUT2D eigenvalue weighted by molar-refractivity contribution is 7.13. The number of nitrogens with one attached hydrogen (secondary N) is 1. The zero-order valence-electron chi connectivity index (χ0n) is 16.0. The summed E-state index contributed by atoms with van der Waals surface area (Å²) in [6, 6.07) is 23.7. The molecule has 1 amide bonds. The van der Waals surface area contributed by atoms with Gasteiger partial charge in [-0.05, 0) is 23.8 Å². The summed E-state index contributed by atoms with van der Waals surface area (Å²) in [5.74, 6) is 0.106. The molecule has 1 aromatic heterocycles. The van der Waals surface area contributed by atoms with Crippen molar-refractivity contribution in [3.8, 4) is 16.3 Å². The molecule has 0 saturated carbocycles. The van der Waals surface area contributed by atoms with E-state index in [-0.39, 0.29) is 18.3 Å². The van der Waals surface area contributed by atoms with Crippen LogP contribution in [-0.2, 0) is 13.2 Å². The van der Waals surface area contributed by atoms with Gasteiger partial charge < -0.3 is 10.1 Å². The number of carbonyl (C=O) groups is 1. The van der Waals surface area contributed by atoms with E-state index in [4.69, 9.17) is 4.74 Å². The van der Waals surface area contributed by atoms with Gasteiger partial charge in [-0.1, -0.05) is 60.7 Å². The Hall–Kier alpha value is -3.51. The summed E-state index contributed by atoms with van der Waals surface area (Å²) in [5, 5.41) is 5.34. The molecule has 4 nitrogen and oxygen atoms in total. The number of hydrogen-bond donors (Lipinski definition) is 1. The van der Waals surface area contributed by atoms with Crippen molar-refractivity contribution in [3.05, 3.63) is 107 Å². The first-order valence-electron chi connectivity index (χ1n) is 9.43. The molecule has 0 atom stereocenters. The summed E-state index contributed by atoms with van der Waals surface area (Å²) in [7, 11) is 0. The van der Waals surface area contributed by atoms with Crippen molar-refractivity contribution in [3.63, 3.8) is 0 Å². The second-order valence-corrected chi connectivity index (χ2v) is 7.47. The highest BCUT2D eigenvalue weighted by Gasteiger charge is 2.12. The minimum atomic E-state index is -0.292. The van der Waals surface area contributed by atoms with E-state index in [1.165, 1.54) is 17.4 Å². The predicted octanol–water partition coefficient (Wildman–Crippen LogP) is 5.46. The van der Waals surface area contributed by atoms with Gasteiger partial charge >= 0.3 is 0 Å². The predicted molar refractivity (Wildman–Crippen MR) is 116 cm³/mol. The first-order valence-corrected chi connectivity index (χ1v) is 10.3. The van der Waals surface area contributed by atoms with E-state index in [1.54, 1.807) is 23.6 Å². The molecular weight excluding hydrogens is 399 g/mol. The lowest BCUT2D eigenvalue weighted by molar-refractivity contribution is 0.0946. The van der Waals surface area contributed by atoms with Crippen molar-refractivity contribution in [2.45, 2.75) is 13.2 Å². The molecule has 0 aliphatic rings.